The third-order valence-corrected chi connectivity index (χ3v) is 6.17. The first-order chi connectivity index (χ1) is 14.5. The summed E-state index contributed by atoms with van der Waals surface area (Å²) in [7, 11) is 1.61. The van der Waals surface area contributed by atoms with Gasteiger partial charge in [-0.15, -0.1) is 23.1 Å². The molecule has 1 aliphatic rings. The first-order valence-corrected chi connectivity index (χ1v) is 10.9. The van der Waals surface area contributed by atoms with Crippen LogP contribution < -0.4 is 10.1 Å². The third-order valence-electron chi connectivity index (χ3n) is 4.37. The quantitative estimate of drug-likeness (QED) is 0.573. The van der Waals surface area contributed by atoms with Crippen molar-refractivity contribution >= 4 is 45.9 Å². The van der Waals surface area contributed by atoms with Gasteiger partial charge in [0.25, 0.3) is 5.91 Å². The number of carbonyl (C=O) groups is 1. The van der Waals surface area contributed by atoms with E-state index in [0.717, 1.165) is 29.6 Å². The summed E-state index contributed by atoms with van der Waals surface area (Å²) in [4.78, 5) is 18.7. The molecule has 30 heavy (non-hydrogen) atoms. The summed E-state index contributed by atoms with van der Waals surface area (Å²) in [5.41, 5.74) is 1.28. The van der Waals surface area contributed by atoms with Gasteiger partial charge in [0.1, 0.15) is 17.4 Å². The molecule has 1 fully saturated rings. The summed E-state index contributed by atoms with van der Waals surface area (Å²) in [6.07, 6.45) is 1.78. The Labute approximate surface area is 180 Å². The highest BCUT2D eigenvalue weighted by molar-refractivity contribution is 8.03. The standard InChI is InChI=1S/C21H17F2N3O2S2/c1-28-16-5-3-14(4-6-16)24-21-25-15(12-30-21)11-19-26(8-9-29-19)20(27)17-10-13(22)2-7-18(17)23/h2-7,10-12H,8-9H2,1H3,(H,24,25)/b19-11+. The van der Waals surface area contributed by atoms with Crippen LogP contribution in [0.5, 0.6) is 5.75 Å². The number of nitrogens with one attached hydrogen (secondary N) is 1. The fourth-order valence-electron chi connectivity index (χ4n) is 2.89. The second kappa shape index (κ2) is 8.85. The Morgan fingerprint density at radius 3 is 2.80 bits per heavy atom. The lowest BCUT2D eigenvalue weighted by Crippen LogP contribution is -2.27. The Balaban J connectivity index is 1.51. The van der Waals surface area contributed by atoms with Crippen molar-refractivity contribution in [2.24, 2.45) is 0 Å². The number of thioether (sulfide) groups is 1. The number of anilines is 2. The maximum Gasteiger partial charge on any atom is 0.261 e. The number of carbonyl (C=O) groups excluding carboxylic acids is 1. The van der Waals surface area contributed by atoms with Crippen LogP contribution in [0.4, 0.5) is 19.6 Å². The van der Waals surface area contributed by atoms with E-state index in [2.05, 4.69) is 10.3 Å². The number of hydrogen-bond donors (Lipinski definition) is 1. The number of aromatic nitrogens is 1. The maximum absolute atomic E-state index is 14.0. The van der Waals surface area contributed by atoms with E-state index in [4.69, 9.17) is 4.74 Å². The molecule has 0 spiro atoms. The smallest absolute Gasteiger partial charge is 0.261 e. The van der Waals surface area contributed by atoms with E-state index in [9.17, 15) is 13.6 Å². The Morgan fingerprint density at radius 1 is 1.23 bits per heavy atom. The zero-order valence-electron chi connectivity index (χ0n) is 15.9. The Kier molecular flexibility index (Phi) is 6.01. The van der Waals surface area contributed by atoms with Crippen LogP contribution in [0.3, 0.4) is 0 Å². The number of halogens is 2. The highest BCUT2D eigenvalue weighted by atomic mass is 32.2. The molecule has 2 heterocycles. The van der Waals surface area contributed by atoms with Crippen LogP contribution >= 0.6 is 23.1 Å². The van der Waals surface area contributed by atoms with E-state index in [1.807, 2.05) is 29.6 Å². The van der Waals surface area contributed by atoms with Crippen molar-refractivity contribution in [1.29, 1.82) is 0 Å². The molecule has 1 aromatic heterocycles. The van der Waals surface area contributed by atoms with E-state index in [-0.39, 0.29) is 5.56 Å². The molecule has 0 aliphatic carbocycles. The monoisotopic (exact) mass is 445 g/mol. The predicted octanol–water partition coefficient (Wildman–Crippen LogP) is 5.36. The molecular weight excluding hydrogens is 428 g/mol. The molecule has 2 aromatic carbocycles. The lowest BCUT2D eigenvalue weighted by molar-refractivity contribution is 0.0826. The van der Waals surface area contributed by atoms with E-state index in [1.165, 1.54) is 28.0 Å². The maximum atomic E-state index is 14.0. The van der Waals surface area contributed by atoms with E-state index in [0.29, 0.717) is 28.2 Å². The van der Waals surface area contributed by atoms with Crippen LogP contribution in [0.2, 0.25) is 0 Å². The number of amides is 1. The summed E-state index contributed by atoms with van der Waals surface area (Å²) in [5.74, 6) is -0.503. The number of benzene rings is 2. The van der Waals surface area contributed by atoms with Crippen LogP contribution in [0.25, 0.3) is 6.08 Å². The lowest BCUT2D eigenvalue weighted by Gasteiger charge is -2.17. The molecule has 0 radical (unpaired) electrons. The van der Waals surface area contributed by atoms with Crippen LogP contribution in [-0.2, 0) is 0 Å². The zero-order chi connectivity index (χ0) is 21.1. The minimum atomic E-state index is -0.739. The van der Waals surface area contributed by atoms with Crippen molar-refractivity contribution in [2.75, 3.05) is 24.7 Å². The van der Waals surface area contributed by atoms with Crippen molar-refractivity contribution in [1.82, 2.24) is 9.88 Å². The second-order valence-corrected chi connectivity index (χ2v) is 8.32. The molecular formula is C21H17F2N3O2S2. The van der Waals surface area contributed by atoms with Gasteiger partial charge in [0, 0.05) is 23.4 Å². The van der Waals surface area contributed by atoms with Crippen molar-refractivity contribution < 1.29 is 18.3 Å². The lowest BCUT2D eigenvalue weighted by atomic mass is 10.2. The Morgan fingerprint density at radius 2 is 2.03 bits per heavy atom. The van der Waals surface area contributed by atoms with Gasteiger partial charge in [-0.3, -0.25) is 4.79 Å². The number of methoxy groups -OCH3 is 1. The summed E-state index contributed by atoms with van der Waals surface area (Å²) in [6, 6.07) is 10.4. The summed E-state index contributed by atoms with van der Waals surface area (Å²) >= 11 is 2.90. The van der Waals surface area contributed by atoms with Crippen molar-refractivity contribution in [2.45, 2.75) is 0 Å². The summed E-state index contributed by atoms with van der Waals surface area (Å²) in [6.45, 7) is 0.423. The summed E-state index contributed by atoms with van der Waals surface area (Å²) in [5, 5.41) is 6.44. The van der Waals surface area contributed by atoms with Crippen molar-refractivity contribution in [3.63, 3.8) is 0 Å². The van der Waals surface area contributed by atoms with Gasteiger partial charge in [-0.2, -0.15) is 0 Å². The first kappa shape index (κ1) is 20.4. The zero-order valence-corrected chi connectivity index (χ0v) is 17.5. The molecule has 1 saturated heterocycles. The fraction of sp³-hybridized carbons (Fsp3) is 0.143. The first-order valence-electron chi connectivity index (χ1n) is 9.01. The van der Waals surface area contributed by atoms with Crippen molar-refractivity contribution in [3.05, 3.63) is 75.8 Å². The molecule has 0 saturated carbocycles. The fourth-order valence-corrected chi connectivity index (χ4v) is 4.60. The summed E-state index contributed by atoms with van der Waals surface area (Å²) < 4.78 is 32.6. The van der Waals surface area contributed by atoms with Crippen LogP contribution in [0.1, 0.15) is 16.1 Å². The number of hydrogen-bond acceptors (Lipinski definition) is 6. The molecule has 4 rings (SSSR count). The topological polar surface area (TPSA) is 54.5 Å². The Hall–Kier alpha value is -2.91. The average Bonchev–Trinajstić information content (AvgIpc) is 3.39. The van der Waals surface area contributed by atoms with E-state index >= 15 is 0 Å². The number of nitrogens with zero attached hydrogens (tertiary/aromatic N) is 2. The number of ether oxygens (including phenoxy) is 1. The molecule has 154 valence electrons. The predicted molar refractivity (Wildman–Crippen MR) is 116 cm³/mol. The second-order valence-electron chi connectivity index (χ2n) is 6.34. The Bertz CT molecular complexity index is 1100. The molecule has 1 amide bonds. The number of rotatable bonds is 5. The van der Waals surface area contributed by atoms with Gasteiger partial charge in [0.15, 0.2) is 5.13 Å². The van der Waals surface area contributed by atoms with Crippen LogP contribution in [0.15, 0.2) is 52.9 Å². The molecule has 3 aromatic rings. The van der Waals surface area contributed by atoms with Gasteiger partial charge >= 0.3 is 0 Å². The molecule has 5 nitrogen and oxygen atoms in total. The molecule has 1 aliphatic heterocycles. The third kappa shape index (κ3) is 4.47. The largest absolute Gasteiger partial charge is 0.497 e. The average molecular weight is 446 g/mol. The molecule has 0 bridgehead atoms. The van der Waals surface area contributed by atoms with Gasteiger partial charge in [0.05, 0.1) is 23.4 Å². The van der Waals surface area contributed by atoms with Gasteiger partial charge in [-0.05, 0) is 48.5 Å². The van der Waals surface area contributed by atoms with Gasteiger partial charge in [0.2, 0.25) is 0 Å². The highest BCUT2D eigenvalue weighted by Crippen LogP contribution is 2.32. The molecule has 0 unspecified atom stereocenters. The van der Waals surface area contributed by atoms with Gasteiger partial charge in [-0.1, -0.05) is 0 Å². The van der Waals surface area contributed by atoms with Gasteiger partial charge in [-0.25, -0.2) is 13.8 Å². The van der Waals surface area contributed by atoms with Crippen LogP contribution in [-0.4, -0.2) is 35.2 Å². The molecule has 0 atom stereocenters. The minimum Gasteiger partial charge on any atom is -0.497 e. The van der Waals surface area contributed by atoms with Crippen molar-refractivity contribution in [3.8, 4) is 5.75 Å². The minimum absolute atomic E-state index is 0.275. The molecule has 9 heteroatoms. The molecule has 1 N–H and O–H groups in total. The number of thiazole rings is 1. The van der Waals surface area contributed by atoms with E-state index in [1.54, 1.807) is 13.2 Å². The SMILES string of the molecule is COc1ccc(Nc2nc(/C=C3/SCCN3C(=O)c3cc(F)ccc3F)cs2)cc1. The highest BCUT2D eigenvalue weighted by Gasteiger charge is 2.27. The van der Waals surface area contributed by atoms with E-state index < -0.39 is 17.5 Å². The van der Waals surface area contributed by atoms with Gasteiger partial charge < -0.3 is 15.0 Å². The normalized spacial score (nSPS) is 14.9. The van der Waals surface area contributed by atoms with Crippen LogP contribution in [0, 0.1) is 11.6 Å².